The number of benzene rings is 1. The summed E-state index contributed by atoms with van der Waals surface area (Å²) in [4.78, 5) is 52.1. The van der Waals surface area contributed by atoms with Crippen LogP contribution in [0.5, 0.6) is 0 Å². The molecule has 186 valence electrons. The fourth-order valence-electron chi connectivity index (χ4n) is 4.42. The Balaban J connectivity index is 1.81. The number of hydrogen-bond acceptors (Lipinski definition) is 6. The van der Waals surface area contributed by atoms with Crippen molar-refractivity contribution in [2.24, 2.45) is 5.92 Å². The number of cyclic esters (lactones) is 1. The molecule has 0 radical (unpaired) electrons. The lowest BCUT2D eigenvalue weighted by Crippen LogP contribution is -2.67. The molecule has 2 fully saturated rings. The van der Waals surface area contributed by atoms with Gasteiger partial charge in [0.1, 0.15) is 12.1 Å². The van der Waals surface area contributed by atoms with Crippen LogP contribution in [-0.2, 0) is 19.1 Å². The molecule has 3 atom stereocenters. The molecule has 2 N–H and O–H groups in total. The van der Waals surface area contributed by atoms with Crippen molar-refractivity contribution in [1.82, 2.24) is 10.6 Å². The molecule has 0 spiro atoms. The summed E-state index contributed by atoms with van der Waals surface area (Å²) in [6, 6.07) is 5.11. The van der Waals surface area contributed by atoms with Crippen molar-refractivity contribution in [3.8, 4) is 0 Å². The summed E-state index contributed by atoms with van der Waals surface area (Å²) < 4.78 is 10.5. The fraction of sp³-hybridized carbons (Fsp3) is 0.583. The minimum atomic E-state index is -0.971. The van der Waals surface area contributed by atoms with Gasteiger partial charge >= 0.3 is 17.9 Å². The number of nitrogens with one attached hydrogen (secondary N) is 2. The lowest BCUT2D eigenvalue weighted by molar-refractivity contribution is -0.761. The van der Waals surface area contributed by atoms with Gasteiger partial charge in [-0.1, -0.05) is 37.6 Å². The molecule has 9 nitrogen and oxygen atoms in total. The van der Waals surface area contributed by atoms with Crippen LogP contribution >= 0.6 is 11.6 Å². The zero-order valence-electron chi connectivity index (χ0n) is 20.0. The van der Waals surface area contributed by atoms with Gasteiger partial charge in [0, 0.05) is 12.8 Å². The maximum atomic E-state index is 13.8. The van der Waals surface area contributed by atoms with E-state index < -0.39 is 46.7 Å². The predicted octanol–water partition coefficient (Wildman–Crippen LogP) is 3.01. The molecule has 0 saturated carbocycles. The predicted molar refractivity (Wildman–Crippen MR) is 125 cm³/mol. The quantitative estimate of drug-likeness (QED) is 0.445. The van der Waals surface area contributed by atoms with Crippen LogP contribution in [0, 0.1) is 5.92 Å². The van der Waals surface area contributed by atoms with Crippen molar-refractivity contribution < 1.29 is 33.1 Å². The molecular formula is C24H33ClN3O6+. The summed E-state index contributed by atoms with van der Waals surface area (Å²) in [7, 11) is 0. The molecule has 1 aromatic carbocycles. The van der Waals surface area contributed by atoms with Crippen molar-refractivity contribution in [2.45, 2.75) is 71.4 Å². The summed E-state index contributed by atoms with van der Waals surface area (Å²) in [5.74, 6) is -1.63. The number of likely N-dealkylation sites (tertiary alicyclic amines) is 1. The number of amides is 4. The number of ether oxygens (including phenoxy) is 2. The van der Waals surface area contributed by atoms with Crippen LogP contribution in [0.25, 0.3) is 0 Å². The third-order valence-electron chi connectivity index (χ3n) is 6.15. The maximum Gasteiger partial charge on any atom is 0.427 e. The van der Waals surface area contributed by atoms with E-state index in [1.165, 1.54) is 0 Å². The Labute approximate surface area is 204 Å². The number of imide groups is 1. The van der Waals surface area contributed by atoms with Gasteiger partial charge in [0.15, 0.2) is 0 Å². The molecule has 0 aromatic heterocycles. The van der Waals surface area contributed by atoms with E-state index in [-0.39, 0.29) is 29.0 Å². The van der Waals surface area contributed by atoms with Crippen molar-refractivity contribution in [1.29, 1.82) is 0 Å². The Morgan fingerprint density at radius 2 is 1.76 bits per heavy atom. The summed E-state index contributed by atoms with van der Waals surface area (Å²) >= 11 is 6.16. The molecule has 34 heavy (non-hydrogen) atoms. The van der Waals surface area contributed by atoms with E-state index in [9.17, 15) is 19.2 Å². The SMILES string of the molecule is CC(C)O[C@H]1CC(=O)O[C@H]1NC(=O)[N+]1(C(=O)[C@@H](NC(=O)c2ccccc2Cl)C(C)C)CCCC1. The highest BCUT2D eigenvalue weighted by molar-refractivity contribution is 6.33. The van der Waals surface area contributed by atoms with Crippen molar-refractivity contribution >= 4 is 35.4 Å². The molecule has 2 saturated heterocycles. The van der Waals surface area contributed by atoms with E-state index in [0.29, 0.717) is 25.9 Å². The Hall–Kier alpha value is -2.49. The maximum absolute atomic E-state index is 13.8. The average Bonchev–Trinajstić information content (AvgIpc) is 3.39. The monoisotopic (exact) mass is 494 g/mol. The van der Waals surface area contributed by atoms with Crippen LogP contribution in [0.1, 0.15) is 57.3 Å². The number of hydrogen-bond donors (Lipinski definition) is 2. The molecule has 0 unspecified atom stereocenters. The minimum absolute atomic E-state index is 0.0274. The van der Waals surface area contributed by atoms with Crippen LogP contribution in [-0.4, -0.2) is 65.9 Å². The highest BCUT2D eigenvalue weighted by atomic mass is 35.5. The van der Waals surface area contributed by atoms with Gasteiger partial charge < -0.3 is 14.8 Å². The second-order valence-corrected chi connectivity index (χ2v) is 9.83. The van der Waals surface area contributed by atoms with Crippen LogP contribution in [0.15, 0.2) is 24.3 Å². The number of halogens is 1. The van der Waals surface area contributed by atoms with E-state index in [0.717, 1.165) is 0 Å². The molecule has 2 aliphatic heterocycles. The highest BCUT2D eigenvalue weighted by Gasteiger charge is 2.53. The first kappa shape index (κ1) is 26.1. The van der Waals surface area contributed by atoms with Gasteiger partial charge in [-0.15, -0.1) is 0 Å². The average molecular weight is 495 g/mol. The van der Waals surface area contributed by atoms with Crippen LogP contribution in [0.3, 0.4) is 0 Å². The van der Waals surface area contributed by atoms with Crippen LogP contribution < -0.4 is 10.6 Å². The zero-order chi connectivity index (χ0) is 25.0. The lowest BCUT2D eigenvalue weighted by Gasteiger charge is -2.34. The van der Waals surface area contributed by atoms with E-state index >= 15 is 0 Å². The standard InChI is InChI=1S/C24H32ClN3O6/c1-14(2)20(26-21(30)16-9-5-6-10-17(16)25)23(31)28(11-7-8-12-28)24(32)27-22-18(33-15(3)4)13-19(29)34-22/h5-6,9-10,14-15,18,20,22H,7-8,11-13H2,1-4H3,(H-,26,27,30,32)/p+1/t18-,20-,22+/m0/s1. The zero-order valence-corrected chi connectivity index (χ0v) is 20.8. The summed E-state index contributed by atoms with van der Waals surface area (Å²) in [6.07, 6.45) is -0.381. The number of quaternary nitrogens is 1. The van der Waals surface area contributed by atoms with Gasteiger partial charge in [-0.25, -0.2) is 9.59 Å². The number of urea groups is 1. The lowest BCUT2D eigenvalue weighted by atomic mass is 10.0. The summed E-state index contributed by atoms with van der Waals surface area (Å²) in [5.41, 5.74) is 0.256. The molecule has 0 bridgehead atoms. The van der Waals surface area contributed by atoms with E-state index in [1.54, 1.807) is 24.3 Å². The first-order chi connectivity index (χ1) is 16.0. The van der Waals surface area contributed by atoms with Gasteiger partial charge in [0.05, 0.1) is 36.2 Å². The number of nitrogens with zero attached hydrogens (tertiary/aromatic N) is 1. The number of carbonyl (C=O) groups is 4. The summed E-state index contributed by atoms with van der Waals surface area (Å²) in [5, 5.41) is 5.79. The third-order valence-corrected chi connectivity index (χ3v) is 6.48. The van der Waals surface area contributed by atoms with Crippen molar-refractivity contribution in [2.75, 3.05) is 13.1 Å². The van der Waals surface area contributed by atoms with Gasteiger partial charge in [0.2, 0.25) is 6.23 Å². The van der Waals surface area contributed by atoms with E-state index in [2.05, 4.69) is 10.6 Å². The Kier molecular flexibility index (Phi) is 8.33. The minimum Gasteiger partial charge on any atom is -0.439 e. The molecule has 2 heterocycles. The first-order valence-electron chi connectivity index (χ1n) is 11.7. The molecule has 1 aromatic rings. The number of rotatable bonds is 7. The Bertz CT molecular complexity index is 944. The van der Waals surface area contributed by atoms with Gasteiger partial charge in [0.25, 0.3) is 5.91 Å². The van der Waals surface area contributed by atoms with Crippen LogP contribution in [0.4, 0.5) is 4.79 Å². The summed E-state index contributed by atoms with van der Waals surface area (Å²) in [6.45, 7) is 7.87. The van der Waals surface area contributed by atoms with Crippen LogP contribution in [0.2, 0.25) is 5.02 Å². The topological polar surface area (TPSA) is 111 Å². The van der Waals surface area contributed by atoms with Gasteiger partial charge in [-0.05, 0) is 31.9 Å². The highest BCUT2D eigenvalue weighted by Crippen LogP contribution is 2.26. The van der Waals surface area contributed by atoms with E-state index in [1.807, 2.05) is 27.7 Å². The normalized spacial score (nSPS) is 22.5. The van der Waals surface area contributed by atoms with Gasteiger partial charge in [-0.2, -0.15) is 4.48 Å². The number of esters is 1. The molecule has 0 aliphatic carbocycles. The Morgan fingerprint density at radius 1 is 1.12 bits per heavy atom. The largest absolute Gasteiger partial charge is 0.439 e. The third kappa shape index (κ3) is 5.59. The Morgan fingerprint density at radius 3 is 2.35 bits per heavy atom. The molecule has 4 amide bonds. The van der Waals surface area contributed by atoms with E-state index in [4.69, 9.17) is 21.1 Å². The smallest absolute Gasteiger partial charge is 0.427 e. The number of carbonyl (C=O) groups excluding carboxylic acids is 4. The molecular weight excluding hydrogens is 462 g/mol. The van der Waals surface area contributed by atoms with Crippen molar-refractivity contribution in [3.05, 3.63) is 34.9 Å². The second-order valence-electron chi connectivity index (χ2n) is 9.42. The fourth-order valence-corrected chi connectivity index (χ4v) is 4.64. The molecule has 2 aliphatic rings. The van der Waals surface area contributed by atoms with Crippen molar-refractivity contribution in [3.63, 3.8) is 0 Å². The molecule has 3 rings (SSSR count). The first-order valence-corrected chi connectivity index (χ1v) is 12.1. The second kappa shape index (κ2) is 10.8. The molecule has 10 heteroatoms. The van der Waals surface area contributed by atoms with Gasteiger partial charge in [-0.3, -0.25) is 14.9 Å².